The quantitative estimate of drug-likeness (QED) is 0.662. The molecule has 1 amide bonds. The molecule has 1 saturated heterocycles. The van der Waals surface area contributed by atoms with Gasteiger partial charge in [-0.15, -0.1) is 0 Å². The molecule has 0 unspecified atom stereocenters. The van der Waals surface area contributed by atoms with E-state index in [1.54, 1.807) is 0 Å². The number of halogens is 1. The van der Waals surface area contributed by atoms with Crippen LogP contribution in [0, 0.1) is 0 Å². The summed E-state index contributed by atoms with van der Waals surface area (Å²) in [6, 6.07) is 16.3. The zero-order valence-electron chi connectivity index (χ0n) is 15.8. The number of hydrogen-bond donors (Lipinski definition) is 1. The maximum atomic E-state index is 13.3. The molecule has 2 aliphatic rings. The number of nitrogens with zero attached hydrogens (tertiary/aromatic N) is 1. The lowest BCUT2D eigenvalue weighted by Gasteiger charge is -2.39. The Hall–Kier alpha value is -2.30. The van der Waals surface area contributed by atoms with Crippen LogP contribution in [0.5, 0.6) is 0 Å². The number of ether oxygens (including phenoxy) is 1. The van der Waals surface area contributed by atoms with Gasteiger partial charge in [0.1, 0.15) is 6.10 Å². The van der Waals surface area contributed by atoms with E-state index in [0.29, 0.717) is 13.2 Å². The fourth-order valence-electron chi connectivity index (χ4n) is 4.74. The van der Waals surface area contributed by atoms with Gasteiger partial charge in [-0.05, 0) is 43.0 Å². The molecular weight excluding hydrogens is 372 g/mol. The predicted octanol–water partition coefficient (Wildman–Crippen LogP) is 5.04. The van der Waals surface area contributed by atoms with Gasteiger partial charge in [-0.3, -0.25) is 4.79 Å². The van der Waals surface area contributed by atoms with E-state index in [-0.39, 0.29) is 24.0 Å². The number of aromatic amines is 1. The largest absolute Gasteiger partial charge is 0.368 e. The molecule has 3 heterocycles. The first-order chi connectivity index (χ1) is 13.6. The average Bonchev–Trinajstić information content (AvgIpc) is 3.37. The van der Waals surface area contributed by atoms with E-state index < -0.39 is 0 Å². The summed E-state index contributed by atoms with van der Waals surface area (Å²) in [5.41, 5.74) is 4.52. The van der Waals surface area contributed by atoms with Crippen molar-refractivity contribution < 1.29 is 9.53 Å². The van der Waals surface area contributed by atoms with E-state index in [1.165, 1.54) is 10.9 Å². The first kappa shape index (κ1) is 17.8. The monoisotopic (exact) mass is 394 g/mol. The van der Waals surface area contributed by atoms with Crippen molar-refractivity contribution >= 4 is 28.4 Å². The van der Waals surface area contributed by atoms with Gasteiger partial charge in [0.15, 0.2) is 0 Å². The van der Waals surface area contributed by atoms with Crippen molar-refractivity contribution in [1.29, 1.82) is 0 Å². The van der Waals surface area contributed by atoms with Crippen molar-refractivity contribution in [1.82, 2.24) is 9.88 Å². The molecule has 3 atom stereocenters. The third kappa shape index (κ3) is 2.75. The first-order valence-electron chi connectivity index (χ1n) is 9.92. The Morgan fingerprint density at radius 3 is 2.75 bits per heavy atom. The lowest BCUT2D eigenvalue weighted by Crippen LogP contribution is -2.45. The van der Waals surface area contributed by atoms with Crippen molar-refractivity contribution in [3.63, 3.8) is 0 Å². The average molecular weight is 395 g/mol. The van der Waals surface area contributed by atoms with Crippen LogP contribution in [-0.4, -0.2) is 35.0 Å². The van der Waals surface area contributed by atoms with Crippen molar-refractivity contribution in [2.45, 2.75) is 37.8 Å². The normalized spacial score (nSPS) is 24.5. The molecule has 2 aromatic carbocycles. The van der Waals surface area contributed by atoms with E-state index in [0.717, 1.165) is 34.6 Å². The van der Waals surface area contributed by atoms with Crippen molar-refractivity contribution in [3.8, 4) is 0 Å². The number of carbonyl (C=O) groups is 1. The number of benzene rings is 2. The minimum Gasteiger partial charge on any atom is -0.368 e. The van der Waals surface area contributed by atoms with Crippen LogP contribution in [0.4, 0.5) is 0 Å². The smallest absolute Gasteiger partial charge is 0.252 e. The molecule has 1 fully saturated rings. The van der Waals surface area contributed by atoms with Crippen LogP contribution in [-0.2, 0) is 9.53 Å². The summed E-state index contributed by atoms with van der Waals surface area (Å²) in [5.74, 6) is 0.118. The molecule has 0 saturated carbocycles. The molecule has 5 heteroatoms. The van der Waals surface area contributed by atoms with Crippen LogP contribution in [0.2, 0.25) is 5.02 Å². The Kier molecular flexibility index (Phi) is 4.41. The summed E-state index contributed by atoms with van der Waals surface area (Å²) in [6.45, 7) is 3.38. The summed E-state index contributed by atoms with van der Waals surface area (Å²) < 4.78 is 5.70. The zero-order chi connectivity index (χ0) is 19.3. The van der Waals surface area contributed by atoms with E-state index in [2.05, 4.69) is 36.2 Å². The first-order valence-corrected chi connectivity index (χ1v) is 10.3. The number of rotatable bonds is 2. The van der Waals surface area contributed by atoms with Crippen molar-refractivity contribution in [2.24, 2.45) is 0 Å². The molecule has 0 bridgehead atoms. The maximum Gasteiger partial charge on any atom is 0.252 e. The van der Waals surface area contributed by atoms with Gasteiger partial charge in [0.05, 0.1) is 6.04 Å². The summed E-state index contributed by atoms with van der Waals surface area (Å²) >= 11 is 6.59. The van der Waals surface area contributed by atoms with Gasteiger partial charge in [0, 0.05) is 40.7 Å². The summed E-state index contributed by atoms with van der Waals surface area (Å²) in [7, 11) is 0. The Morgan fingerprint density at radius 2 is 1.96 bits per heavy atom. The predicted molar refractivity (Wildman–Crippen MR) is 111 cm³/mol. The number of para-hydroxylation sites is 1. The molecule has 1 N–H and O–H groups in total. The second kappa shape index (κ2) is 6.94. The highest BCUT2D eigenvalue weighted by Gasteiger charge is 2.40. The SMILES string of the molecule is C[C@@H]1c2[nH]c3ccccc3c2[C@@H](c2ccccc2Cl)CN1C(=O)[C@@H]1CCCO1. The van der Waals surface area contributed by atoms with Crippen LogP contribution in [0.25, 0.3) is 10.9 Å². The van der Waals surface area contributed by atoms with Crippen LogP contribution < -0.4 is 0 Å². The molecule has 5 rings (SSSR count). The van der Waals surface area contributed by atoms with Gasteiger partial charge in [0.2, 0.25) is 0 Å². The summed E-state index contributed by atoms with van der Waals surface area (Å²) in [4.78, 5) is 18.8. The van der Waals surface area contributed by atoms with Crippen LogP contribution >= 0.6 is 11.6 Å². The van der Waals surface area contributed by atoms with Crippen molar-refractivity contribution in [2.75, 3.05) is 13.2 Å². The number of nitrogens with one attached hydrogen (secondary N) is 1. The highest BCUT2D eigenvalue weighted by molar-refractivity contribution is 6.31. The molecule has 0 aliphatic carbocycles. The minimum absolute atomic E-state index is 0.0291. The fourth-order valence-corrected chi connectivity index (χ4v) is 5.01. The standard InChI is InChI=1S/C23H23ClN2O2/c1-14-22-21(16-8-3-5-10-19(16)25-22)17(15-7-2-4-9-18(15)24)13-26(14)23(27)20-11-6-12-28-20/h2-5,7-10,14,17,20,25H,6,11-13H2,1H3/t14-,17-,20+/m1/s1. The molecule has 4 nitrogen and oxygen atoms in total. The molecule has 3 aromatic rings. The van der Waals surface area contributed by atoms with Gasteiger partial charge < -0.3 is 14.6 Å². The van der Waals surface area contributed by atoms with E-state index >= 15 is 0 Å². The van der Waals surface area contributed by atoms with Gasteiger partial charge in [-0.25, -0.2) is 0 Å². The lowest BCUT2D eigenvalue weighted by atomic mass is 9.83. The van der Waals surface area contributed by atoms with Crippen LogP contribution in [0.15, 0.2) is 48.5 Å². The fraction of sp³-hybridized carbons (Fsp3) is 0.348. The van der Waals surface area contributed by atoms with E-state index in [1.807, 2.05) is 29.2 Å². The van der Waals surface area contributed by atoms with E-state index in [4.69, 9.17) is 16.3 Å². The third-order valence-electron chi connectivity index (χ3n) is 6.16. The Labute approximate surface area is 169 Å². The third-order valence-corrected chi connectivity index (χ3v) is 6.50. The maximum absolute atomic E-state index is 13.3. The second-order valence-electron chi connectivity index (χ2n) is 7.74. The van der Waals surface area contributed by atoms with Gasteiger partial charge >= 0.3 is 0 Å². The van der Waals surface area contributed by atoms with Crippen LogP contribution in [0.3, 0.4) is 0 Å². The Balaban J connectivity index is 1.66. The molecule has 0 spiro atoms. The van der Waals surface area contributed by atoms with Crippen LogP contribution in [0.1, 0.15) is 48.5 Å². The molecule has 2 aliphatic heterocycles. The number of carbonyl (C=O) groups excluding carboxylic acids is 1. The number of hydrogen-bond acceptors (Lipinski definition) is 2. The zero-order valence-corrected chi connectivity index (χ0v) is 16.6. The summed E-state index contributed by atoms with van der Waals surface area (Å²) in [5, 5.41) is 1.95. The number of aromatic nitrogens is 1. The van der Waals surface area contributed by atoms with Gasteiger partial charge in [-0.2, -0.15) is 0 Å². The highest BCUT2D eigenvalue weighted by atomic mass is 35.5. The number of amides is 1. The second-order valence-corrected chi connectivity index (χ2v) is 8.15. The molecule has 0 radical (unpaired) electrons. The van der Waals surface area contributed by atoms with Crippen molar-refractivity contribution in [3.05, 3.63) is 70.4 Å². The molecule has 28 heavy (non-hydrogen) atoms. The molecular formula is C23H23ClN2O2. The topological polar surface area (TPSA) is 45.3 Å². The minimum atomic E-state index is -0.319. The van der Waals surface area contributed by atoms with Gasteiger partial charge in [0.25, 0.3) is 5.91 Å². The Morgan fingerprint density at radius 1 is 1.18 bits per heavy atom. The van der Waals surface area contributed by atoms with Gasteiger partial charge in [-0.1, -0.05) is 48.0 Å². The summed E-state index contributed by atoms with van der Waals surface area (Å²) in [6.07, 6.45) is 1.43. The van der Waals surface area contributed by atoms with E-state index in [9.17, 15) is 4.79 Å². The molecule has 1 aromatic heterocycles. The Bertz CT molecular complexity index is 1040. The lowest BCUT2D eigenvalue weighted by molar-refractivity contribution is -0.144. The number of H-pyrrole nitrogens is 1. The molecule has 144 valence electrons. The highest BCUT2D eigenvalue weighted by Crippen LogP contribution is 2.45. The number of fused-ring (bicyclic) bond motifs is 3.